The van der Waals surface area contributed by atoms with Gasteiger partial charge in [0, 0.05) is 11.8 Å². The maximum atomic E-state index is 13.7. The number of carboxylic acids is 1. The zero-order valence-electron chi connectivity index (χ0n) is 29.1. The summed E-state index contributed by atoms with van der Waals surface area (Å²) in [7, 11) is 2.65. The van der Waals surface area contributed by atoms with E-state index in [1.54, 1.807) is 31.2 Å². The lowest BCUT2D eigenvalue weighted by atomic mass is 9.66. The van der Waals surface area contributed by atoms with Gasteiger partial charge in [-0.1, -0.05) is 0 Å². The van der Waals surface area contributed by atoms with Crippen LogP contribution in [0.5, 0.6) is 28.7 Å². The van der Waals surface area contributed by atoms with Gasteiger partial charge in [0.05, 0.1) is 39.5 Å². The Balaban J connectivity index is 1.17. The Labute approximate surface area is 306 Å². The molecular weight excluding hydrogens is 724 g/mol. The van der Waals surface area contributed by atoms with Crippen LogP contribution >= 0.6 is 0 Å². The van der Waals surface area contributed by atoms with E-state index in [1.807, 2.05) is 0 Å². The highest BCUT2D eigenvalue weighted by molar-refractivity contribution is 5.79. The molecule has 0 bridgehead atoms. The van der Waals surface area contributed by atoms with Gasteiger partial charge in [-0.15, -0.1) is 0 Å². The van der Waals surface area contributed by atoms with Crippen LogP contribution < -0.4 is 23.7 Å². The highest BCUT2D eigenvalue weighted by atomic mass is 16.8. The molecule has 54 heavy (non-hydrogen) atoms. The molecule has 5 heterocycles. The van der Waals surface area contributed by atoms with Gasteiger partial charge < -0.3 is 82.7 Å². The number of methoxy groups -OCH3 is 2. The summed E-state index contributed by atoms with van der Waals surface area (Å²) in [4.78, 5) is 25.4. The zero-order valence-corrected chi connectivity index (χ0v) is 29.1. The van der Waals surface area contributed by atoms with Crippen molar-refractivity contribution in [2.45, 2.75) is 86.6 Å². The summed E-state index contributed by atoms with van der Waals surface area (Å²) < 4.78 is 63.5. The molecule has 15 atom stereocenters. The standard InChI is InChI=1S/C35H40O19/c1-11-46-9-20-30(50-11)25(38)27(40)34(51-20)52-28-14-7-17-16(48-10-49-17)6-13(14)21(22-15(28)8-47-33(22)43)12-4-18(44-2)29(19(5-12)45-3)53-35-26(39)23(36)24(37)31(54-35)32(41)42/h4-7,11,15,20-28,30-31,34-40H,8-10H2,1-3H3,(H,41,42)/t11-,15-,20+,21+,22-,23-,24-,25+,26+,27-,28+,30-,31-,34-,35+/m0/s1. The lowest BCUT2D eigenvalue weighted by Gasteiger charge is -2.47. The van der Waals surface area contributed by atoms with E-state index in [4.69, 9.17) is 52.1 Å². The van der Waals surface area contributed by atoms with Gasteiger partial charge in [0.1, 0.15) is 42.7 Å². The minimum absolute atomic E-state index is 0.0183. The van der Waals surface area contributed by atoms with Crippen LogP contribution in [0.2, 0.25) is 0 Å². The molecule has 0 radical (unpaired) electrons. The molecule has 6 aliphatic rings. The molecular formula is C35H40O19. The van der Waals surface area contributed by atoms with Gasteiger partial charge in [-0.05, 0) is 47.9 Å². The number of fused-ring (bicyclic) bond motifs is 4. The summed E-state index contributed by atoms with van der Waals surface area (Å²) in [6, 6.07) is 6.57. The molecule has 294 valence electrons. The van der Waals surface area contributed by atoms with Gasteiger partial charge >= 0.3 is 11.9 Å². The minimum atomic E-state index is -1.94. The third kappa shape index (κ3) is 6.08. The third-order valence-electron chi connectivity index (χ3n) is 10.8. The number of rotatable bonds is 8. The molecule has 19 nitrogen and oxygen atoms in total. The zero-order chi connectivity index (χ0) is 38.2. The quantitative estimate of drug-likeness (QED) is 0.175. The number of carbonyl (C=O) groups excluding carboxylic acids is 1. The van der Waals surface area contributed by atoms with E-state index in [2.05, 4.69) is 0 Å². The van der Waals surface area contributed by atoms with Crippen LogP contribution in [0, 0.1) is 11.8 Å². The van der Waals surface area contributed by atoms with E-state index in [9.17, 15) is 40.2 Å². The van der Waals surface area contributed by atoms with Crippen LogP contribution in [0.1, 0.15) is 35.6 Å². The second-order valence-corrected chi connectivity index (χ2v) is 13.8. The Kier molecular flexibility index (Phi) is 9.74. The van der Waals surface area contributed by atoms with Gasteiger partial charge in [-0.25, -0.2) is 4.79 Å². The molecule has 0 amide bonds. The van der Waals surface area contributed by atoms with E-state index in [-0.39, 0.29) is 37.3 Å². The first-order valence-electron chi connectivity index (χ1n) is 17.3. The molecule has 8 rings (SSSR count). The minimum Gasteiger partial charge on any atom is -0.493 e. The number of hydrogen-bond acceptors (Lipinski definition) is 18. The summed E-state index contributed by atoms with van der Waals surface area (Å²) in [5, 5.41) is 62.9. The topological polar surface area (TPSA) is 257 Å². The number of aliphatic hydroxyl groups is 5. The molecule has 0 aromatic heterocycles. The summed E-state index contributed by atoms with van der Waals surface area (Å²) >= 11 is 0. The van der Waals surface area contributed by atoms with Crippen molar-refractivity contribution in [1.29, 1.82) is 0 Å². The van der Waals surface area contributed by atoms with E-state index in [1.165, 1.54) is 14.2 Å². The van der Waals surface area contributed by atoms with Gasteiger partial charge in [-0.2, -0.15) is 0 Å². The van der Waals surface area contributed by atoms with Crippen molar-refractivity contribution in [3.05, 3.63) is 41.0 Å². The Morgan fingerprint density at radius 1 is 0.778 bits per heavy atom. The summed E-state index contributed by atoms with van der Waals surface area (Å²) in [5.41, 5.74) is 1.60. The van der Waals surface area contributed by atoms with Crippen molar-refractivity contribution in [2.75, 3.05) is 34.2 Å². The Bertz CT molecular complexity index is 1740. The van der Waals surface area contributed by atoms with E-state index < -0.39 is 103 Å². The number of ether oxygens (including phenoxy) is 11. The Morgan fingerprint density at radius 2 is 1.44 bits per heavy atom. The first-order chi connectivity index (χ1) is 25.9. The Morgan fingerprint density at radius 3 is 2.11 bits per heavy atom. The van der Waals surface area contributed by atoms with Gasteiger partial charge in [0.15, 0.2) is 41.7 Å². The van der Waals surface area contributed by atoms with Crippen LogP contribution in [-0.2, 0) is 38.0 Å². The molecule has 0 unspecified atom stereocenters. The van der Waals surface area contributed by atoms with Crippen LogP contribution in [0.25, 0.3) is 0 Å². The van der Waals surface area contributed by atoms with Gasteiger partial charge in [0.2, 0.25) is 18.8 Å². The fourth-order valence-electron chi connectivity index (χ4n) is 8.10. The number of aliphatic hydroxyl groups excluding tert-OH is 5. The number of benzene rings is 2. The lowest BCUT2D eigenvalue weighted by Crippen LogP contribution is -2.63. The number of esters is 1. The van der Waals surface area contributed by atoms with Crippen LogP contribution in [0.15, 0.2) is 24.3 Å². The molecule has 19 heteroatoms. The molecule has 1 aliphatic carbocycles. The number of carboxylic acid groups (broad SMARTS) is 1. The van der Waals surface area contributed by atoms with Gasteiger partial charge in [-0.3, -0.25) is 4.79 Å². The molecule has 4 fully saturated rings. The maximum absolute atomic E-state index is 13.7. The molecule has 2 aromatic rings. The van der Waals surface area contributed by atoms with Crippen LogP contribution in [0.4, 0.5) is 0 Å². The predicted molar refractivity (Wildman–Crippen MR) is 172 cm³/mol. The van der Waals surface area contributed by atoms with E-state index >= 15 is 0 Å². The van der Waals surface area contributed by atoms with Crippen molar-refractivity contribution in [2.24, 2.45) is 11.8 Å². The largest absolute Gasteiger partial charge is 0.493 e. The fourth-order valence-corrected chi connectivity index (χ4v) is 8.10. The monoisotopic (exact) mass is 764 g/mol. The fraction of sp³-hybridized carbons (Fsp3) is 0.600. The highest BCUT2D eigenvalue weighted by Crippen LogP contribution is 2.57. The maximum Gasteiger partial charge on any atom is 0.335 e. The molecule has 0 spiro atoms. The van der Waals surface area contributed by atoms with Crippen molar-refractivity contribution in [3.63, 3.8) is 0 Å². The highest BCUT2D eigenvalue weighted by Gasteiger charge is 2.56. The Hall–Kier alpha value is -4.02. The van der Waals surface area contributed by atoms with Crippen molar-refractivity contribution >= 4 is 11.9 Å². The molecule has 6 N–H and O–H groups in total. The number of cyclic esters (lactones) is 1. The second-order valence-electron chi connectivity index (χ2n) is 13.8. The average molecular weight is 765 g/mol. The van der Waals surface area contributed by atoms with Gasteiger partial charge in [0.25, 0.3) is 0 Å². The van der Waals surface area contributed by atoms with Crippen LogP contribution in [-0.4, -0.2) is 145 Å². The average Bonchev–Trinajstić information content (AvgIpc) is 3.79. The van der Waals surface area contributed by atoms with Crippen molar-refractivity contribution in [1.82, 2.24) is 0 Å². The molecule has 4 saturated heterocycles. The molecule has 2 aromatic carbocycles. The number of aliphatic carboxylic acids is 1. The predicted octanol–water partition coefficient (Wildman–Crippen LogP) is -1.10. The number of hydrogen-bond donors (Lipinski definition) is 6. The molecule has 5 aliphatic heterocycles. The number of carbonyl (C=O) groups is 2. The van der Waals surface area contributed by atoms with Crippen LogP contribution in [0.3, 0.4) is 0 Å². The van der Waals surface area contributed by atoms with E-state index in [0.29, 0.717) is 28.2 Å². The first kappa shape index (κ1) is 36.9. The van der Waals surface area contributed by atoms with Crippen molar-refractivity contribution in [3.8, 4) is 28.7 Å². The first-order valence-corrected chi connectivity index (χ1v) is 17.3. The van der Waals surface area contributed by atoms with Crippen molar-refractivity contribution < 1.29 is 92.3 Å². The summed E-state index contributed by atoms with van der Waals surface area (Å²) in [6.45, 7) is 1.64. The normalized spacial score (nSPS) is 39.5. The smallest absolute Gasteiger partial charge is 0.335 e. The third-order valence-corrected chi connectivity index (χ3v) is 10.8. The lowest BCUT2D eigenvalue weighted by molar-refractivity contribution is -0.364. The summed E-state index contributed by atoms with van der Waals surface area (Å²) in [5.74, 6) is -3.73. The molecule has 0 saturated carbocycles. The summed E-state index contributed by atoms with van der Waals surface area (Å²) in [6.07, 6.45) is -16.8. The van der Waals surface area contributed by atoms with E-state index in [0.717, 1.165) is 0 Å². The second kappa shape index (κ2) is 14.2. The SMILES string of the molecule is COc1cc([C@@H]2c3cc4c(cc3[C@@H](O[C@@H]3O[C@@H]5CO[C@H](C)O[C@@H]5[C@H](O)[C@@H]3O)[C@H]3COC(=O)[C@H]23)OCO4)cc(OC)c1O[C@@H]1O[C@H](C(=O)O)[C@@H](O)[C@H](O)[C@H]1O.